The lowest BCUT2D eigenvalue weighted by Crippen LogP contribution is -2.20. The first kappa shape index (κ1) is 26.1. The Bertz CT molecular complexity index is 863. The van der Waals surface area contributed by atoms with Gasteiger partial charge >= 0.3 is 5.97 Å². The Labute approximate surface area is 207 Å². The van der Waals surface area contributed by atoms with Crippen LogP contribution in [-0.2, 0) is 13.6 Å². The summed E-state index contributed by atoms with van der Waals surface area (Å²) in [6.07, 6.45) is 9.59. The van der Waals surface area contributed by atoms with E-state index in [1.165, 1.54) is 26.2 Å². The summed E-state index contributed by atoms with van der Waals surface area (Å²) in [5.74, 6) is 2.08. The van der Waals surface area contributed by atoms with Gasteiger partial charge in [-0.15, -0.1) is 23.5 Å². The van der Waals surface area contributed by atoms with Crippen molar-refractivity contribution in [1.29, 1.82) is 0 Å². The van der Waals surface area contributed by atoms with E-state index in [0.29, 0.717) is 5.56 Å². The molecule has 0 bridgehead atoms. The van der Waals surface area contributed by atoms with Gasteiger partial charge in [-0.1, -0.05) is 50.8 Å². The summed E-state index contributed by atoms with van der Waals surface area (Å²) >= 11 is 3.88. The van der Waals surface area contributed by atoms with Gasteiger partial charge in [0.05, 0.1) is 4.08 Å². The number of phenols is 2. The molecule has 33 heavy (non-hydrogen) atoms. The lowest BCUT2D eigenvalue weighted by molar-refractivity contribution is -0.140. The maximum absolute atomic E-state index is 11.3. The van der Waals surface area contributed by atoms with Gasteiger partial charge in [0.2, 0.25) is 0 Å². The van der Waals surface area contributed by atoms with E-state index in [1.54, 1.807) is 0 Å². The number of carbonyl (C=O) groups excluding carboxylic acids is 1. The highest BCUT2D eigenvalue weighted by Crippen LogP contribution is 2.57. The average Bonchev–Trinajstić information content (AvgIpc) is 3.25. The maximum Gasteiger partial charge on any atom is 0.302 e. The van der Waals surface area contributed by atoms with Crippen LogP contribution in [0.25, 0.3) is 0 Å². The van der Waals surface area contributed by atoms with Gasteiger partial charge in [-0.3, -0.25) is 4.79 Å². The topological polar surface area (TPSA) is 66.8 Å². The van der Waals surface area contributed by atoms with E-state index < -0.39 is 0 Å². The molecule has 1 heterocycles. The van der Waals surface area contributed by atoms with E-state index in [4.69, 9.17) is 4.74 Å². The van der Waals surface area contributed by atoms with Crippen molar-refractivity contribution in [3.8, 4) is 11.5 Å². The van der Waals surface area contributed by atoms with Crippen molar-refractivity contribution in [2.75, 3.05) is 18.1 Å². The highest BCUT2D eigenvalue weighted by Gasteiger charge is 2.39. The van der Waals surface area contributed by atoms with E-state index >= 15 is 0 Å². The Morgan fingerprint density at radius 3 is 2.39 bits per heavy atom. The molecule has 1 saturated heterocycles. The number of aromatic hydroxyl groups is 2. The summed E-state index contributed by atoms with van der Waals surface area (Å²) in [6, 6.07) is 3.76. The summed E-state index contributed by atoms with van der Waals surface area (Å²) in [6.45, 7) is 10.1. The number of unbranched alkanes of at least 4 members (excludes halogenated alkanes) is 3. The van der Waals surface area contributed by atoms with Gasteiger partial charge < -0.3 is 14.9 Å². The minimum absolute atomic E-state index is 0.0993. The van der Waals surface area contributed by atoms with E-state index in [2.05, 4.69) is 19.6 Å². The van der Waals surface area contributed by atoms with Gasteiger partial charge in [0, 0.05) is 29.9 Å². The molecule has 1 aromatic rings. The second-order valence-electron chi connectivity index (χ2n) is 9.31. The molecule has 1 fully saturated rings. The molecule has 1 aliphatic heterocycles. The standard InChI is InChI=1S/C27H38O4S2/c1-5-6-7-8-11-27(32-12-13-33-27)21-15-24(29)26(25(30)16-21)23-14-20(17-31-19(4)28)9-10-22(23)18(2)3/h14-16,22-23,29-30H,2,5-13,17H2,1,3-4H3/t22?,23-/m0/s1. The first-order chi connectivity index (χ1) is 15.8. The number of carbonyl (C=O) groups is 1. The Kier molecular flexibility index (Phi) is 9.28. The van der Waals surface area contributed by atoms with Crippen LogP contribution in [0.4, 0.5) is 0 Å². The molecule has 0 radical (unpaired) electrons. The maximum atomic E-state index is 11.3. The zero-order chi connectivity index (χ0) is 24.0. The number of phenolic OH excluding ortho intramolecular Hbond substituents is 2. The lowest BCUT2D eigenvalue weighted by Gasteiger charge is -2.33. The van der Waals surface area contributed by atoms with Gasteiger partial charge in [-0.05, 0) is 55.4 Å². The Morgan fingerprint density at radius 1 is 1.15 bits per heavy atom. The first-order valence-corrected chi connectivity index (χ1v) is 14.1. The van der Waals surface area contributed by atoms with Gasteiger partial charge in [0.15, 0.2) is 0 Å². The predicted molar refractivity (Wildman–Crippen MR) is 140 cm³/mol. The third-order valence-corrected chi connectivity index (χ3v) is 10.3. The molecule has 6 heteroatoms. The fraction of sp³-hybridized carbons (Fsp3) is 0.593. The molecule has 0 spiro atoms. The largest absolute Gasteiger partial charge is 0.507 e. The third kappa shape index (κ3) is 6.33. The predicted octanol–water partition coefficient (Wildman–Crippen LogP) is 7.26. The minimum Gasteiger partial charge on any atom is -0.507 e. The Balaban J connectivity index is 1.93. The second kappa shape index (κ2) is 11.7. The quantitative estimate of drug-likeness (QED) is 0.204. The fourth-order valence-electron chi connectivity index (χ4n) is 5.00. The molecule has 182 valence electrons. The van der Waals surface area contributed by atoms with Crippen LogP contribution in [0.15, 0.2) is 35.9 Å². The molecule has 2 aliphatic rings. The molecule has 0 saturated carbocycles. The van der Waals surface area contributed by atoms with Crippen molar-refractivity contribution in [2.24, 2.45) is 5.92 Å². The number of hydrogen-bond acceptors (Lipinski definition) is 6. The van der Waals surface area contributed by atoms with Gasteiger partial charge in [0.1, 0.15) is 18.1 Å². The molecule has 3 rings (SSSR count). The molecule has 4 nitrogen and oxygen atoms in total. The van der Waals surface area contributed by atoms with Crippen LogP contribution in [0.2, 0.25) is 0 Å². The fourth-order valence-corrected chi connectivity index (χ4v) is 8.31. The van der Waals surface area contributed by atoms with Crippen molar-refractivity contribution in [2.45, 2.75) is 75.7 Å². The van der Waals surface area contributed by atoms with Crippen molar-refractivity contribution in [1.82, 2.24) is 0 Å². The zero-order valence-corrected chi connectivity index (χ0v) is 21.8. The smallest absolute Gasteiger partial charge is 0.302 e. The van der Waals surface area contributed by atoms with Gasteiger partial charge in [0.25, 0.3) is 0 Å². The number of hydrogen-bond donors (Lipinski definition) is 2. The molecule has 1 aromatic carbocycles. The van der Waals surface area contributed by atoms with E-state index in [9.17, 15) is 15.0 Å². The van der Waals surface area contributed by atoms with Crippen molar-refractivity contribution in [3.05, 3.63) is 47.1 Å². The molecule has 0 aromatic heterocycles. The monoisotopic (exact) mass is 490 g/mol. The van der Waals surface area contributed by atoms with Crippen LogP contribution >= 0.6 is 23.5 Å². The summed E-state index contributed by atoms with van der Waals surface area (Å²) in [7, 11) is 0. The molecule has 2 N–H and O–H groups in total. The van der Waals surface area contributed by atoms with Crippen LogP contribution in [0, 0.1) is 5.92 Å². The molecule has 2 atom stereocenters. The SMILES string of the molecule is C=C(C)C1CCC(COC(C)=O)=C[C@@H]1c1c(O)cc(C2(CCCCCC)SCCS2)cc1O. The molecule has 1 aliphatic carbocycles. The third-order valence-electron chi connectivity index (χ3n) is 6.74. The van der Waals surface area contributed by atoms with Crippen molar-refractivity contribution >= 4 is 29.5 Å². The van der Waals surface area contributed by atoms with Crippen LogP contribution in [-0.4, -0.2) is 34.3 Å². The van der Waals surface area contributed by atoms with Gasteiger partial charge in [-0.25, -0.2) is 0 Å². The highest BCUT2D eigenvalue weighted by atomic mass is 32.2. The Hall–Kier alpha value is -1.53. The molecular formula is C27H38O4S2. The average molecular weight is 491 g/mol. The van der Waals surface area contributed by atoms with Crippen LogP contribution in [0.5, 0.6) is 11.5 Å². The number of benzene rings is 1. The highest BCUT2D eigenvalue weighted by molar-refractivity contribution is 8.20. The summed E-state index contributed by atoms with van der Waals surface area (Å²) in [5, 5.41) is 22.4. The summed E-state index contributed by atoms with van der Waals surface area (Å²) in [4.78, 5) is 11.3. The lowest BCUT2D eigenvalue weighted by atomic mass is 9.73. The molecule has 0 amide bonds. The van der Waals surface area contributed by atoms with E-state index in [0.717, 1.165) is 53.9 Å². The number of allylic oxidation sites excluding steroid dienone is 2. The van der Waals surface area contributed by atoms with Crippen LogP contribution in [0.3, 0.4) is 0 Å². The van der Waals surface area contributed by atoms with E-state index in [-0.39, 0.29) is 40.0 Å². The number of esters is 1. The van der Waals surface area contributed by atoms with E-state index in [1.807, 2.05) is 42.6 Å². The number of rotatable bonds is 10. The van der Waals surface area contributed by atoms with Gasteiger partial charge in [-0.2, -0.15) is 0 Å². The Morgan fingerprint density at radius 2 is 1.82 bits per heavy atom. The second-order valence-corrected chi connectivity index (χ2v) is 12.4. The zero-order valence-electron chi connectivity index (χ0n) is 20.2. The number of ether oxygens (including phenoxy) is 1. The molecule has 1 unspecified atom stereocenters. The van der Waals surface area contributed by atoms with Crippen molar-refractivity contribution < 1.29 is 19.7 Å². The first-order valence-electron chi connectivity index (χ1n) is 12.1. The summed E-state index contributed by atoms with van der Waals surface area (Å²) in [5.41, 5.74) is 3.61. The van der Waals surface area contributed by atoms with Crippen LogP contribution < -0.4 is 0 Å². The molecular weight excluding hydrogens is 452 g/mol. The number of thioether (sulfide) groups is 2. The summed E-state index contributed by atoms with van der Waals surface area (Å²) < 4.78 is 5.12. The van der Waals surface area contributed by atoms with Crippen molar-refractivity contribution in [3.63, 3.8) is 0 Å². The minimum atomic E-state index is -0.305. The van der Waals surface area contributed by atoms with Crippen LogP contribution in [0.1, 0.15) is 82.8 Å². The normalized spacial score (nSPS) is 22.1.